The highest BCUT2D eigenvalue weighted by atomic mass is 16.5. The zero-order chi connectivity index (χ0) is 18.1. The van der Waals surface area contributed by atoms with Crippen LogP contribution >= 0.6 is 0 Å². The molecule has 0 aromatic carbocycles. The van der Waals surface area contributed by atoms with E-state index in [-0.39, 0.29) is 29.8 Å². The first-order valence-corrected chi connectivity index (χ1v) is 10.5. The van der Waals surface area contributed by atoms with Crippen LogP contribution in [0.2, 0.25) is 0 Å². The predicted octanol–water partition coefficient (Wildman–Crippen LogP) is 3.97. The number of carbonyl (C=O) groups is 1. The van der Waals surface area contributed by atoms with Crippen molar-refractivity contribution in [2.75, 3.05) is 0 Å². The molecule has 0 saturated heterocycles. The van der Waals surface area contributed by atoms with Crippen molar-refractivity contribution in [3.05, 3.63) is 0 Å². The minimum atomic E-state index is -0.616. The average molecular weight is 353 g/mol. The largest absolute Gasteiger partial charge is 0.462 e. The van der Waals surface area contributed by atoms with Crippen molar-refractivity contribution in [3.8, 4) is 0 Å². The van der Waals surface area contributed by atoms with Crippen LogP contribution in [0, 0.1) is 17.8 Å². The Hall–Kier alpha value is -0.610. The molecule has 0 aromatic rings. The van der Waals surface area contributed by atoms with Gasteiger partial charge in [0.15, 0.2) is 0 Å². The number of aliphatic hydroxyl groups is 2. The average Bonchev–Trinajstić information content (AvgIpc) is 3.24. The SMILES string of the molecule is CCC(C)C(=O)OC1CC(C2(O)CCCC2)CC(C2(O)CCCC2)C1. The third-order valence-electron chi connectivity index (χ3n) is 7.42. The van der Waals surface area contributed by atoms with E-state index < -0.39 is 11.2 Å². The quantitative estimate of drug-likeness (QED) is 0.735. The van der Waals surface area contributed by atoms with Gasteiger partial charge < -0.3 is 14.9 Å². The molecule has 2 N–H and O–H groups in total. The Balaban J connectivity index is 1.74. The maximum Gasteiger partial charge on any atom is 0.308 e. The van der Waals surface area contributed by atoms with Crippen LogP contribution in [0.25, 0.3) is 0 Å². The van der Waals surface area contributed by atoms with Gasteiger partial charge in [0, 0.05) is 0 Å². The van der Waals surface area contributed by atoms with E-state index in [2.05, 4.69) is 0 Å². The molecule has 25 heavy (non-hydrogen) atoms. The highest BCUT2D eigenvalue weighted by molar-refractivity contribution is 5.72. The number of carbonyl (C=O) groups excluding carboxylic acids is 1. The van der Waals surface area contributed by atoms with Gasteiger partial charge in [0.2, 0.25) is 0 Å². The van der Waals surface area contributed by atoms with Crippen LogP contribution in [0.3, 0.4) is 0 Å². The fourth-order valence-corrected chi connectivity index (χ4v) is 5.48. The summed E-state index contributed by atoms with van der Waals surface area (Å²) in [5.74, 6) is 0.0906. The summed E-state index contributed by atoms with van der Waals surface area (Å²) in [7, 11) is 0. The van der Waals surface area contributed by atoms with E-state index in [1.54, 1.807) is 0 Å². The minimum Gasteiger partial charge on any atom is -0.462 e. The Labute approximate surface area is 152 Å². The lowest BCUT2D eigenvalue weighted by molar-refractivity contribution is -0.165. The zero-order valence-corrected chi connectivity index (χ0v) is 16.0. The Kier molecular flexibility index (Phi) is 5.79. The van der Waals surface area contributed by atoms with Gasteiger partial charge in [-0.15, -0.1) is 0 Å². The topological polar surface area (TPSA) is 66.8 Å². The summed E-state index contributed by atoms with van der Waals surface area (Å²) < 4.78 is 5.85. The summed E-state index contributed by atoms with van der Waals surface area (Å²) in [6.45, 7) is 3.91. The van der Waals surface area contributed by atoms with Gasteiger partial charge in [-0.3, -0.25) is 4.79 Å². The van der Waals surface area contributed by atoms with E-state index in [1.165, 1.54) is 0 Å². The molecular formula is C21H36O4. The van der Waals surface area contributed by atoms with Crippen molar-refractivity contribution in [2.45, 2.75) is 108 Å². The van der Waals surface area contributed by atoms with Crippen molar-refractivity contribution in [2.24, 2.45) is 17.8 Å². The lowest BCUT2D eigenvalue weighted by atomic mass is 9.66. The van der Waals surface area contributed by atoms with Gasteiger partial charge in [-0.05, 0) is 63.2 Å². The Bertz CT molecular complexity index is 433. The van der Waals surface area contributed by atoms with Crippen molar-refractivity contribution >= 4 is 5.97 Å². The molecule has 3 atom stereocenters. The maximum absolute atomic E-state index is 12.3. The summed E-state index contributed by atoms with van der Waals surface area (Å²) in [6, 6.07) is 0. The normalized spacial score (nSPS) is 35.4. The van der Waals surface area contributed by atoms with E-state index in [1.807, 2.05) is 13.8 Å². The van der Waals surface area contributed by atoms with Gasteiger partial charge in [-0.25, -0.2) is 0 Å². The van der Waals surface area contributed by atoms with Crippen LogP contribution in [0.4, 0.5) is 0 Å². The van der Waals surface area contributed by atoms with E-state index >= 15 is 0 Å². The fraction of sp³-hybridized carbons (Fsp3) is 0.952. The molecule has 3 saturated carbocycles. The molecule has 3 aliphatic rings. The summed E-state index contributed by atoms with van der Waals surface area (Å²) >= 11 is 0. The van der Waals surface area contributed by atoms with Crippen LogP contribution in [0.1, 0.15) is 90.9 Å². The van der Waals surface area contributed by atoms with Crippen LogP contribution < -0.4 is 0 Å². The molecule has 0 amide bonds. The summed E-state index contributed by atoms with van der Waals surface area (Å²) in [5, 5.41) is 22.3. The van der Waals surface area contributed by atoms with E-state index in [0.29, 0.717) is 0 Å². The van der Waals surface area contributed by atoms with Gasteiger partial charge in [-0.1, -0.05) is 39.5 Å². The van der Waals surface area contributed by atoms with Gasteiger partial charge in [0.05, 0.1) is 17.1 Å². The smallest absolute Gasteiger partial charge is 0.308 e. The molecule has 0 heterocycles. The summed E-state index contributed by atoms with van der Waals surface area (Å²) in [5.41, 5.74) is -1.23. The summed E-state index contributed by atoms with van der Waals surface area (Å²) in [6.07, 6.45) is 10.8. The summed E-state index contributed by atoms with van der Waals surface area (Å²) in [4.78, 5) is 12.3. The molecule has 4 heteroatoms. The van der Waals surface area contributed by atoms with Gasteiger partial charge in [-0.2, -0.15) is 0 Å². The first kappa shape index (κ1) is 19.2. The second kappa shape index (κ2) is 7.56. The fourth-order valence-electron chi connectivity index (χ4n) is 5.48. The molecule has 3 aliphatic carbocycles. The maximum atomic E-state index is 12.3. The highest BCUT2D eigenvalue weighted by Gasteiger charge is 2.50. The second-order valence-electron chi connectivity index (χ2n) is 9.09. The first-order valence-electron chi connectivity index (χ1n) is 10.5. The monoisotopic (exact) mass is 352 g/mol. The van der Waals surface area contributed by atoms with Gasteiger partial charge in [0.25, 0.3) is 0 Å². The number of ether oxygens (including phenoxy) is 1. The van der Waals surface area contributed by atoms with Gasteiger partial charge in [0.1, 0.15) is 6.10 Å². The minimum absolute atomic E-state index is 0.0806. The third-order valence-corrected chi connectivity index (χ3v) is 7.42. The number of hydrogen-bond donors (Lipinski definition) is 2. The second-order valence-corrected chi connectivity index (χ2v) is 9.09. The predicted molar refractivity (Wildman–Crippen MR) is 97.0 cm³/mol. The molecule has 3 fully saturated rings. The first-order chi connectivity index (χ1) is 11.9. The van der Waals surface area contributed by atoms with Crippen molar-refractivity contribution < 1.29 is 19.7 Å². The lowest BCUT2D eigenvalue weighted by Crippen LogP contribution is -2.48. The van der Waals surface area contributed by atoms with Gasteiger partial charge >= 0.3 is 5.97 Å². The molecule has 4 nitrogen and oxygen atoms in total. The zero-order valence-electron chi connectivity index (χ0n) is 16.0. The van der Waals surface area contributed by atoms with Crippen LogP contribution in [-0.2, 0) is 9.53 Å². The number of esters is 1. The molecule has 3 unspecified atom stereocenters. The Morgan fingerprint density at radius 2 is 1.40 bits per heavy atom. The standard InChI is InChI=1S/C21H36O4/c1-3-15(2)19(22)25-18-13-16(20(23)8-4-5-9-20)12-17(14-18)21(24)10-6-7-11-21/h15-18,23-24H,3-14H2,1-2H3. The number of rotatable bonds is 5. The molecule has 0 spiro atoms. The molecular weight excluding hydrogens is 316 g/mol. The molecule has 0 radical (unpaired) electrons. The van der Waals surface area contributed by atoms with Crippen molar-refractivity contribution in [1.82, 2.24) is 0 Å². The Morgan fingerprint density at radius 1 is 0.960 bits per heavy atom. The molecule has 3 rings (SSSR count). The van der Waals surface area contributed by atoms with Crippen LogP contribution in [0.15, 0.2) is 0 Å². The van der Waals surface area contributed by atoms with Crippen molar-refractivity contribution in [3.63, 3.8) is 0 Å². The highest BCUT2D eigenvalue weighted by Crippen LogP contribution is 2.50. The molecule has 0 bridgehead atoms. The molecule has 144 valence electrons. The van der Waals surface area contributed by atoms with E-state index in [0.717, 1.165) is 77.0 Å². The lowest BCUT2D eigenvalue weighted by Gasteiger charge is -2.46. The van der Waals surface area contributed by atoms with Crippen LogP contribution in [-0.4, -0.2) is 33.5 Å². The molecule has 0 aliphatic heterocycles. The third kappa shape index (κ3) is 4.05. The molecule has 0 aromatic heterocycles. The van der Waals surface area contributed by atoms with Crippen LogP contribution in [0.5, 0.6) is 0 Å². The Morgan fingerprint density at radius 3 is 1.80 bits per heavy atom. The van der Waals surface area contributed by atoms with E-state index in [4.69, 9.17) is 4.74 Å². The van der Waals surface area contributed by atoms with Crippen molar-refractivity contribution in [1.29, 1.82) is 0 Å². The van der Waals surface area contributed by atoms with E-state index in [9.17, 15) is 15.0 Å². The number of hydrogen-bond acceptors (Lipinski definition) is 4.